The van der Waals surface area contributed by atoms with E-state index in [1.807, 2.05) is 39.0 Å². The first-order valence-corrected chi connectivity index (χ1v) is 4.40. The lowest BCUT2D eigenvalue weighted by molar-refractivity contribution is 0.389. The smallest absolute Gasteiger partial charge is 0.0608 e. The van der Waals surface area contributed by atoms with E-state index in [9.17, 15) is 0 Å². The molecule has 0 fully saturated rings. The summed E-state index contributed by atoms with van der Waals surface area (Å²) in [5, 5.41) is 8.56. The summed E-state index contributed by atoms with van der Waals surface area (Å²) in [7, 11) is 0. The highest BCUT2D eigenvalue weighted by atomic mass is 16.5. The van der Waals surface area contributed by atoms with Crippen LogP contribution in [0.2, 0.25) is 0 Å². The molecule has 2 nitrogen and oxygen atoms in total. The van der Waals surface area contributed by atoms with Gasteiger partial charge in [0.05, 0.1) is 5.69 Å². The quantitative estimate of drug-likeness (QED) is 0.680. The van der Waals surface area contributed by atoms with Gasteiger partial charge in [0.15, 0.2) is 0 Å². The molecular formula is C11H17NO. The minimum Gasteiger partial charge on any atom is -0.291 e. The van der Waals surface area contributed by atoms with Gasteiger partial charge < -0.3 is 0 Å². The average Bonchev–Trinajstić information content (AvgIpc) is 2.21. The molecule has 1 aromatic rings. The molecule has 0 aliphatic heterocycles. The molecule has 2 heteroatoms. The Kier molecular flexibility index (Phi) is 5.64. The largest absolute Gasteiger partial charge is 0.291 e. The van der Waals surface area contributed by atoms with E-state index in [0.29, 0.717) is 5.69 Å². The second kappa shape index (κ2) is 6.26. The van der Waals surface area contributed by atoms with Crippen molar-refractivity contribution in [2.75, 3.05) is 5.48 Å². The summed E-state index contributed by atoms with van der Waals surface area (Å²) < 4.78 is 0. The number of allylic oxidation sites excluding steroid dienone is 1. The molecule has 13 heavy (non-hydrogen) atoms. The van der Waals surface area contributed by atoms with E-state index in [0.717, 1.165) is 11.1 Å². The summed E-state index contributed by atoms with van der Waals surface area (Å²) in [5.41, 5.74) is 4.79. The molecule has 0 spiro atoms. The zero-order valence-electron chi connectivity index (χ0n) is 8.46. The monoisotopic (exact) mass is 179 g/mol. The third kappa shape index (κ3) is 3.76. The van der Waals surface area contributed by atoms with Gasteiger partial charge in [0, 0.05) is 0 Å². The van der Waals surface area contributed by atoms with Crippen molar-refractivity contribution in [1.29, 1.82) is 0 Å². The fourth-order valence-corrected chi connectivity index (χ4v) is 0.854. The molecule has 1 aromatic carbocycles. The van der Waals surface area contributed by atoms with Gasteiger partial charge in [-0.2, -0.15) is 0 Å². The number of rotatable bonds is 2. The summed E-state index contributed by atoms with van der Waals surface area (Å²) in [5.74, 6) is 0. The summed E-state index contributed by atoms with van der Waals surface area (Å²) in [4.78, 5) is 0. The molecular weight excluding hydrogens is 162 g/mol. The molecule has 0 heterocycles. The predicted molar refractivity (Wildman–Crippen MR) is 57.9 cm³/mol. The normalized spacial score (nSPS) is 8.31. The number of hydrogen-bond acceptors (Lipinski definition) is 2. The van der Waals surface area contributed by atoms with Crippen LogP contribution in [-0.4, -0.2) is 5.21 Å². The molecule has 0 atom stereocenters. The first-order chi connectivity index (χ1) is 6.24. The molecule has 0 amide bonds. The zero-order chi connectivity index (χ0) is 10.3. The van der Waals surface area contributed by atoms with Crippen molar-refractivity contribution in [3.05, 3.63) is 36.4 Å². The van der Waals surface area contributed by atoms with Gasteiger partial charge in [-0.3, -0.25) is 10.7 Å². The Morgan fingerprint density at radius 1 is 1.38 bits per heavy atom. The molecule has 0 saturated carbocycles. The summed E-state index contributed by atoms with van der Waals surface area (Å²) in [6.45, 7) is 9.72. The minimum absolute atomic E-state index is 0.686. The van der Waals surface area contributed by atoms with Crippen LogP contribution in [0.4, 0.5) is 5.69 Å². The number of hydrogen-bond donors (Lipinski definition) is 2. The maximum absolute atomic E-state index is 8.56. The van der Waals surface area contributed by atoms with Crippen LogP contribution in [0.5, 0.6) is 0 Å². The van der Waals surface area contributed by atoms with Gasteiger partial charge >= 0.3 is 0 Å². The van der Waals surface area contributed by atoms with Gasteiger partial charge in [-0.05, 0) is 24.6 Å². The highest BCUT2D eigenvalue weighted by Crippen LogP contribution is 2.15. The Morgan fingerprint density at radius 3 is 2.46 bits per heavy atom. The Bertz CT molecular complexity index is 269. The molecule has 72 valence electrons. The minimum atomic E-state index is 0.686. The van der Waals surface area contributed by atoms with E-state index in [1.54, 1.807) is 6.07 Å². The Labute approximate surface area is 79.9 Å². The van der Waals surface area contributed by atoms with Crippen molar-refractivity contribution in [3.8, 4) is 0 Å². The highest BCUT2D eigenvalue weighted by molar-refractivity contribution is 5.64. The highest BCUT2D eigenvalue weighted by Gasteiger charge is 1.93. The SMILES string of the molecule is C=C(C)c1cccc(NO)c1.CC. The van der Waals surface area contributed by atoms with Crippen molar-refractivity contribution in [3.63, 3.8) is 0 Å². The summed E-state index contributed by atoms with van der Waals surface area (Å²) in [6.07, 6.45) is 0. The molecule has 0 unspecified atom stereocenters. The van der Waals surface area contributed by atoms with Crippen molar-refractivity contribution in [2.24, 2.45) is 0 Å². The molecule has 0 saturated heterocycles. The first kappa shape index (κ1) is 11.7. The van der Waals surface area contributed by atoms with Crippen molar-refractivity contribution >= 4 is 11.3 Å². The maximum Gasteiger partial charge on any atom is 0.0608 e. The van der Waals surface area contributed by atoms with Gasteiger partial charge in [-0.15, -0.1) is 0 Å². The third-order valence-corrected chi connectivity index (χ3v) is 1.48. The van der Waals surface area contributed by atoms with Crippen LogP contribution in [0.3, 0.4) is 0 Å². The van der Waals surface area contributed by atoms with Gasteiger partial charge in [0.1, 0.15) is 0 Å². The van der Waals surface area contributed by atoms with E-state index in [-0.39, 0.29) is 0 Å². The molecule has 0 bridgehead atoms. The predicted octanol–water partition coefficient (Wildman–Crippen LogP) is 3.55. The molecule has 0 aromatic heterocycles. The first-order valence-electron chi connectivity index (χ1n) is 4.40. The van der Waals surface area contributed by atoms with Crippen LogP contribution in [0.25, 0.3) is 5.57 Å². The van der Waals surface area contributed by atoms with E-state index >= 15 is 0 Å². The van der Waals surface area contributed by atoms with Crippen LogP contribution in [0.1, 0.15) is 26.3 Å². The van der Waals surface area contributed by atoms with E-state index < -0.39 is 0 Å². The number of anilines is 1. The fraction of sp³-hybridized carbons (Fsp3) is 0.273. The number of nitrogens with one attached hydrogen (secondary N) is 1. The maximum atomic E-state index is 8.56. The molecule has 0 aliphatic rings. The summed E-state index contributed by atoms with van der Waals surface area (Å²) >= 11 is 0. The molecule has 1 rings (SSSR count). The lowest BCUT2D eigenvalue weighted by Gasteiger charge is -2.01. The second-order valence-corrected chi connectivity index (χ2v) is 2.47. The second-order valence-electron chi connectivity index (χ2n) is 2.47. The third-order valence-electron chi connectivity index (χ3n) is 1.48. The Hall–Kier alpha value is -1.28. The standard InChI is InChI=1S/C9H11NO.C2H6/c1-7(2)8-4-3-5-9(6-8)10-11;1-2/h3-6,10-11H,1H2,2H3;1-2H3. The van der Waals surface area contributed by atoms with Gasteiger partial charge in [0.25, 0.3) is 0 Å². The Morgan fingerprint density at radius 2 is 2.00 bits per heavy atom. The van der Waals surface area contributed by atoms with Crippen molar-refractivity contribution in [2.45, 2.75) is 20.8 Å². The van der Waals surface area contributed by atoms with Crippen molar-refractivity contribution < 1.29 is 5.21 Å². The molecule has 0 aliphatic carbocycles. The average molecular weight is 179 g/mol. The van der Waals surface area contributed by atoms with Gasteiger partial charge in [-0.25, -0.2) is 0 Å². The zero-order valence-corrected chi connectivity index (χ0v) is 8.46. The van der Waals surface area contributed by atoms with Crippen LogP contribution in [0, 0.1) is 0 Å². The lowest BCUT2D eigenvalue weighted by atomic mass is 10.1. The van der Waals surface area contributed by atoms with Crippen LogP contribution < -0.4 is 5.48 Å². The van der Waals surface area contributed by atoms with Crippen LogP contribution >= 0.6 is 0 Å². The summed E-state index contributed by atoms with van der Waals surface area (Å²) in [6, 6.07) is 7.43. The van der Waals surface area contributed by atoms with Crippen molar-refractivity contribution in [1.82, 2.24) is 0 Å². The van der Waals surface area contributed by atoms with Crippen LogP contribution in [-0.2, 0) is 0 Å². The fourth-order valence-electron chi connectivity index (χ4n) is 0.854. The topological polar surface area (TPSA) is 32.3 Å². The Balaban J connectivity index is 0.000000671. The van der Waals surface area contributed by atoms with Crippen LogP contribution in [0.15, 0.2) is 30.8 Å². The molecule has 0 radical (unpaired) electrons. The molecule has 2 N–H and O–H groups in total. The number of benzene rings is 1. The van der Waals surface area contributed by atoms with Gasteiger partial charge in [0.2, 0.25) is 0 Å². The van der Waals surface area contributed by atoms with E-state index in [4.69, 9.17) is 5.21 Å². The van der Waals surface area contributed by atoms with E-state index in [1.165, 1.54) is 0 Å². The van der Waals surface area contributed by atoms with Gasteiger partial charge in [-0.1, -0.05) is 38.1 Å². The lowest BCUT2D eigenvalue weighted by Crippen LogP contribution is -1.89. The van der Waals surface area contributed by atoms with E-state index in [2.05, 4.69) is 12.1 Å².